The highest BCUT2D eigenvalue weighted by atomic mass is 16.4. The molecule has 0 spiro atoms. The molecule has 0 aliphatic heterocycles. The quantitative estimate of drug-likeness (QED) is 0.513. The standard InChI is InChI=1S/C9H20N2O2/c1-7(10)8(11)5-3-2-4-6-9(12)13/h7-8H,2-6,10-11H2,1H3,(H,12,13)/t7-,8+/m1/s1. The lowest BCUT2D eigenvalue weighted by Crippen LogP contribution is -2.38. The molecule has 0 unspecified atom stereocenters. The van der Waals surface area contributed by atoms with Crippen molar-refractivity contribution < 1.29 is 9.90 Å². The Hall–Kier alpha value is -0.610. The van der Waals surface area contributed by atoms with Gasteiger partial charge in [-0.3, -0.25) is 4.79 Å². The van der Waals surface area contributed by atoms with Gasteiger partial charge in [-0.2, -0.15) is 0 Å². The SMILES string of the molecule is C[C@@H](N)[C@@H](N)CCCCCC(=O)O. The highest BCUT2D eigenvalue weighted by Gasteiger charge is 2.06. The second-order valence-electron chi connectivity index (χ2n) is 3.52. The molecule has 0 aromatic heterocycles. The van der Waals surface area contributed by atoms with Gasteiger partial charge in [0.05, 0.1) is 0 Å². The largest absolute Gasteiger partial charge is 0.481 e. The van der Waals surface area contributed by atoms with E-state index in [0.29, 0.717) is 0 Å². The Labute approximate surface area is 79.3 Å². The fourth-order valence-corrected chi connectivity index (χ4v) is 1.10. The summed E-state index contributed by atoms with van der Waals surface area (Å²) in [6.45, 7) is 1.89. The second kappa shape index (κ2) is 6.86. The minimum Gasteiger partial charge on any atom is -0.481 e. The minimum atomic E-state index is -0.725. The number of rotatable bonds is 7. The third kappa shape index (κ3) is 7.74. The molecule has 0 aliphatic carbocycles. The van der Waals surface area contributed by atoms with Crippen molar-refractivity contribution >= 4 is 5.97 Å². The average molecular weight is 188 g/mol. The van der Waals surface area contributed by atoms with Crippen LogP contribution in [-0.2, 0) is 4.79 Å². The van der Waals surface area contributed by atoms with Crippen LogP contribution < -0.4 is 11.5 Å². The molecule has 2 atom stereocenters. The van der Waals surface area contributed by atoms with Gasteiger partial charge in [-0.15, -0.1) is 0 Å². The number of hydrogen-bond donors (Lipinski definition) is 3. The first-order valence-corrected chi connectivity index (χ1v) is 4.77. The number of carboxylic acid groups (broad SMARTS) is 1. The summed E-state index contributed by atoms with van der Waals surface area (Å²) in [7, 11) is 0. The molecule has 0 aromatic rings. The van der Waals surface area contributed by atoms with Gasteiger partial charge < -0.3 is 16.6 Å². The predicted molar refractivity (Wildman–Crippen MR) is 52.3 cm³/mol. The summed E-state index contributed by atoms with van der Waals surface area (Å²) in [6.07, 6.45) is 3.77. The zero-order chi connectivity index (χ0) is 10.3. The lowest BCUT2D eigenvalue weighted by molar-refractivity contribution is -0.137. The molecule has 0 amide bonds. The second-order valence-corrected chi connectivity index (χ2v) is 3.52. The monoisotopic (exact) mass is 188 g/mol. The maximum Gasteiger partial charge on any atom is 0.303 e. The average Bonchev–Trinajstić information content (AvgIpc) is 2.02. The molecule has 4 nitrogen and oxygen atoms in total. The van der Waals surface area contributed by atoms with E-state index in [0.717, 1.165) is 25.7 Å². The molecule has 0 aromatic carbocycles. The molecule has 13 heavy (non-hydrogen) atoms. The maximum absolute atomic E-state index is 10.2. The van der Waals surface area contributed by atoms with E-state index in [1.807, 2.05) is 6.92 Å². The van der Waals surface area contributed by atoms with E-state index >= 15 is 0 Å². The van der Waals surface area contributed by atoms with Gasteiger partial charge in [-0.25, -0.2) is 0 Å². The number of nitrogens with two attached hydrogens (primary N) is 2. The number of hydrogen-bond acceptors (Lipinski definition) is 3. The van der Waals surface area contributed by atoms with Crippen LogP contribution in [-0.4, -0.2) is 23.2 Å². The van der Waals surface area contributed by atoms with Gasteiger partial charge in [0.1, 0.15) is 0 Å². The molecule has 0 rings (SSSR count). The highest BCUT2D eigenvalue weighted by molar-refractivity contribution is 5.66. The van der Waals surface area contributed by atoms with E-state index in [1.54, 1.807) is 0 Å². The van der Waals surface area contributed by atoms with Crippen LogP contribution in [0.3, 0.4) is 0 Å². The molecule has 0 heterocycles. The van der Waals surface area contributed by atoms with E-state index in [9.17, 15) is 4.79 Å². The topological polar surface area (TPSA) is 89.3 Å². The van der Waals surface area contributed by atoms with Gasteiger partial charge in [0, 0.05) is 18.5 Å². The molecule has 0 fully saturated rings. The first-order valence-electron chi connectivity index (χ1n) is 4.77. The van der Waals surface area contributed by atoms with Crippen LogP contribution in [0.4, 0.5) is 0 Å². The van der Waals surface area contributed by atoms with Crippen LogP contribution in [0, 0.1) is 0 Å². The van der Waals surface area contributed by atoms with Gasteiger partial charge in [-0.1, -0.05) is 12.8 Å². The summed E-state index contributed by atoms with van der Waals surface area (Å²) in [5.41, 5.74) is 11.3. The number of unbranched alkanes of at least 4 members (excludes halogenated alkanes) is 2. The molecule has 5 N–H and O–H groups in total. The summed E-state index contributed by atoms with van der Waals surface area (Å²) in [4.78, 5) is 10.2. The van der Waals surface area contributed by atoms with E-state index in [-0.39, 0.29) is 18.5 Å². The molecule has 0 saturated carbocycles. The summed E-state index contributed by atoms with van der Waals surface area (Å²) in [5, 5.41) is 8.37. The van der Waals surface area contributed by atoms with Crippen molar-refractivity contribution in [1.82, 2.24) is 0 Å². The molecule has 0 saturated heterocycles. The van der Waals surface area contributed by atoms with Crippen molar-refractivity contribution in [3.8, 4) is 0 Å². The van der Waals surface area contributed by atoms with E-state index < -0.39 is 5.97 Å². The highest BCUT2D eigenvalue weighted by Crippen LogP contribution is 2.05. The first kappa shape index (κ1) is 12.4. The van der Waals surface area contributed by atoms with E-state index in [4.69, 9.17) is 16.6 Å². The summed E-state index contributed by atoms with van der Waals surface area (Å²) < 4.78 is 0. The van der Waals surface area contributed by atoms with Crippen LogP contribution in [0.1, 0.15) is 39.0 Å². The van der Waals surface area contributed by atoms with Crippen molar-refractivity contribution in [2.45, 2.75) is 51.1 Å². The van der Waals surface area contributed by atoms with Crippen molar-refractivity contribution in [2.75, 3.05) is 0 Å². The molecular weight excluding hydrogens is 168 g/mol. The van der Waals surface area contributed by atoms with Gasteiger partial charge in [0.15, 0.2) is 0 Å². The number of carboxylic acids is 1. The molecule has 78 valence electrons. The zero-order valence-electron chi connectivity index (χ0n) is 8.20. The van der Waals surface area contributed by atoms with Crippen LogP contribution in [0.15, 0.2) is 0 Å². The summed E-state index contributed by atoms with van der Waals surface area (Å²) in [5.74, 6) is -0.725. The lowest BCUT2D eigenvalue weighted by Gasteiger charge is -2.14. The Morgan fingerprint density at radius 3 is 2.38 bits per heavy atom. The van der Waals surface area contributed by atoms with Crippen molar-refractivity contribution in [3.63, 3.8) is 0 Å². The predicted octanol–water partition coefficient (Wildman–Crippen LogP) is 0.696. The van der Waals surface area contributed by atoms with Crippen molar-refractivity contribution in [2.24, 2.45) is 11.5 Å². The van der Waals surface area contributed by atoms with Crippen molar-refractivity contribution in [1.29, 1.82) is 0 Å². The van der Waals surface area contributed by atoms with Gasteiger partial charge in [0.25, 0.3) is 0 Å². The fourth-order valence-electron chi connectivity index (χ4n) is 1.10. The zero-order valence-corrected chi connectivity index (χ0v) is 8.20. The molecular formula is C9H20N2O2. The van der Waals surface area contributed by atoms with Crippen molar-refractivity contribution in [3.05, 3.63) is 0 Å². The molecule has 4 heteroatoms. The smallest absolute Gasteiger partial charge is 0.303 e. The van der Waals surface area contributed by atoms with Crippen LogP contribution >= 0.6 is 0 Å². The Morgan fingerprint density at radius 2 is 1.92 bits per heavy atom. The fraction of sp³-hybridized carbons (Fsp3) is 0.889. The third-order valence-corrected chi connectivity index (χ3v) is 2.10. The Morgan fingerprint density at radius 1 is 1.31 bits per heavy atom. The van der Waals surface area contributed by atoms with Crippen LogP contribution in [0.2, 0.25) is 0 Å². The van der Waals surface area contributed by atoms with Crippen LogP contribution in [0.25, 0.3) is 0 Å². The Kier molecular flexibility index (Phi) is 6.54. The molecule has 0 radical (unpaired) electrons. The first-order chi connectivity index (χ1) is 6.04. The normalized spacial score (nSPS) is 15.3. The van der Waals surface area contributed by atoms with Gasteiger partial charge in [0.2, 0.25) is 0 Å². The number of aliphatic carboxylic acids is 1. The summed E-state index contributed by atoms with van der Waals surface area (Å²) in [6, 6.07) is 0.0734. The summed E-state index contributed by atoms with van der Waals surface area (Å²) >= 11 is 0. The maximum atomic E-state index is 10.2. The minimum absolute atomic E-state index is 0.0273. The Balaban J connectivity index is 3.21. The Bertz CT molecular complexity index is 149. The van der Waals surface area contributed by atoms with E-state index in [1.165, 1.54) is 0 Å². The van der Waals surface area contributed by atoms with Gasteiger partial charge in [-0.05, 0) is 19.8 Å². The molecule has 0 bridgehead atoms. The molecule has 0 aliphatic rings. The van der Waals surface area contributed by atoms with E-state index in [2.05, 4.69) is 0 Å². The third-order valence-electron chi connectivity index (χ3n) is 2.10. The van der Waals surface area contributed by atoms with Crippen LogP contribution in [0.5, 0.6) is 0 Å². The van der Waals surface area contributed by atoms with Gasteiger partial charge >= 0.3 is 5.97 Å². The number of carbonyl (C=O) groups is 1. The lowest BCUT2D eigenvalue weighted by atomic mass is 10.0.